The monoisotopic (exact) mass is 215 g/mol. The van der Waals surface area contributed by atoms with E-state index in [0.717, 1.165) is 23.1 Å². The number of carbonyl (C=O) groups excluding carboxylic acids is 1. The summed E-state index contributed by atoms with van der Waals surface area (Å²) < 4.78 is 5.53. The number of pyridine rings is 2. The van der Waals surface area contributed by atoms with Gasteiger partial charge in [0.2, 0.25) is 0 Å². The van der Waals surface area contributed by atoms with Crippen LogP contribution < -0.4 is 10.5 Å². The van der Waals surface area contributed by atoms with Crippen LogP contribution in [0.15, 0.2) is 18.5 Å². The van der Waals surface area contributed by atoms with Gasteiger partial charge in [-0.3, -0.25) is 9.78 Å². The predicted octanol–water partition coefficient (Wildman–Crippen LogP) is 0.664. The summed E-state index contributed by atoms with van der Waals surface area (Å²) in [5.41, 5.74) is 7.20. The molecule has 0 saturated carbocycles. The van der Waals surface area contributed by atoms with Crippen molar-refractivity contribution in [3.05, 3.63) is 29.7 Å². The Hall–Kier alpha value is -2.17. The largest absolute Gasteiger partial charge is 0.492 e. The first-order chi connectivity index (χ1) is 7.75. The summed E-state index contributed by atoms with van der Waals surface area (Å²) in [5, 5.41) is 0.804. The Bertz CT molecular complexity index is 595. The lowest BCUT2D eigenvalue weighted by Crippen LogP contribution is -2.12. The fraction of sp³-hybridized carbons (Fsp3) is 0.182. The topological polar surface area (TPSA) is 78.1 Å². The zero-order chi connectivity index (χ0) is 11.1. The van der Waals surface area contributed by atoms with E-state index in [9.17, 15) is 4.79 Å². The SMILES string of the molecule is NC(=O)c1cc2c3c(cnc2cn1)CCO3. The van der Waals surface area contributed by atoms with Crippen LogP contribution in [-0.4, -0.2) is 22.5 Å². The van der Waals surface area contributed by atoms with Crippen molar-refractivity contribution in [2.24, 2.45) is 5.73 Å². The number of hydrogen-bond acceptors (Lipinski definition) is 4. The molecule has 0 radical (unpaired) electrons. The van der Waals surface area contributed by atoms with Crippen molar-refractivity contribution in [3.63, 3.8) is 0 Å². The summed E-state index contributed by atoms with van der Waals surface area (Å²) in [5.74, 6) is 0.257. The maximum absolute atomic E-state index is 11.0. The van der Waals surface area contributed by atoms with Crippen LogP contribution >= 0.6 is 0 Å². The minimum atomic E-state index is -0.544. The fourth-order valence-electron chi connectivity index (χ4n) is 1.86. The van der Waals surface area contributed by atoms with Crippen molar-refractivity contribution in [2.75, 3.05) is 6.61 Å². The second-order valence-electron chi connectivity index (χ2n) is 3.66. The Morgan fingerprint density at radius 1 is 1.38 bits per heavy atom. The molecular weight excluding hydrogens is 206 g/mol. The molecule has 0 saturated heterocycles. The van der Waals surface area contributed by atoms with Gasteiger partial charge in [0.25, 0.3) is 5.91 Å². The van der Waals surface area contributed by atoms with Gasteiger partial charge in [-0.15, -0.1) is 0 Å². The van der Waals surface area contributed by atoms with E-state index in [4.69, 9.17) is 10.5 Å². The molecule has 0 bridgehead atoms. The number of rotatable bonds is 1. The van der Waals surface area contributed by atoms with Gasteiger partial charge in [0, 0.05) is 23.6 Å². The van der Waals surface area contributed by atoms with Crippen molar-refractivity contribution < 1.29 is 9.53 Å². The van der Waals surface area contributed by atoms with Gasteiger partial charge in [0.05, 0.1) is 18.3 Å². The number of carbonyl (C=O) groups is 1. The Morgan fingerprint density at radius 3 is 3.06 bits per heavy atom. The molecule has 1 aliphatic rings. The Morgan fingerprint density at radius 2 is 2.25 bits per heavy atom. The molecule has 5 nitrogen and oxygen atoms in total. The minimum Gasteiger partial charge on any atom is -0.492 e. The predicted molar refractivity (Wildman–Crippen MR) is 57.3 cm³/mol. The van der Waals surface area contributed by atoms with Gasteiger partial charge >= 0.3 is 0 Å². The summed E-state index contributed by atoms with van der Waals surface area (Å²) in [7, 11) is 0. The molecule has 1 aliphatic heterocycles. The van der Waals surface area contributed by atoms with Gasteiger partial charge < -0.3 is 10.5 Å². The number of hydrogen-bond donors (Lipinski definition) is 1. The average molecular weight is 215 g/mol. The quantitative estimate of drug-likeness (QED) is 0.758. The third kappa shape index (κ3) is 1.21. The van der Waals surface area contributed by atoms with Crippen molar-refractivity contribution in [1.82, 2.24) is 9.97 Å². The molecule has 2 aromatic rings. The number of fused-ring (bicyclic) bond motifs is 3. The van der Waals surface area contributed by atoms with Gasteiger partial charge in [0.1, 0.15) is 11.4 Å². The smallest absolute Gasteiger partial charge is 0.267 e. The number of nitrogens with two attached hydrogens (primary N) is 1. The molecule has 0 fully saturated rings. The van der Waals surface area contributed by atoms with Crippen LogP contribution in [-0.2, 0) is 6.42 Å². The molecule has 80 valence electrons. The molecule has 3 rings (SSSR count). The van der Waals surface area contributed by atoms with Crippen LogP contribution in [0.3, 0.4) is 0 Å². The first kappa shape index (κ1) is 9.08. The van der Waals surface area contributed by atoms with Crippen molar-refractivity contribution in [1.29, 1.82) is 0 Å². The second kappa shape index (κ2) is 3.16. The first-order valence-corrected chi connectivity index (χ1v) is 4.96. The molecule has 0 atom stereocenters. The highest BCUT2D eigenvalue weighted by molar-refractivity contribution is 5.96. The van der Waals surface area contributed by atoms with Gasteiger partial charge in [-0.05, 0) is 6.07 Å². The van der Waals surface area contributed by atoms with E-state index in [0.29, 0.717) is 12.1 Å². The van der Waals surface area contributed by atoms with Crippen molar-refractivity contribution in [2.45, 2.75) is 6.42 Å². The number of primary amides is 1. The van der Waals surface area contributed by atoms with Gasteiger partial charge in [-0.25, -0.2) is 4.98 Å². The van der Waals surface area contributed by atoms with Gasteiger partial charge in [-0.2, -0.15) is 0 Å². The highest BCUT2D eigenvalue weighted by Gasteiger charge is 2.17. The molecule has 1 amide bonds. The number of aromatic nitrogens is 2. The van der Waals surface area contributed by atoms with E-state index >= 15 is 0 Å². The van der Waals surface area contributed by atoms with Gasteiger partial charge in [0.15, 0.2) is 0 Å². The standard InChI is InChI=1S/C11H9N3O2/c12-11(15)8-3-7-9(5-14-8)13-4-6-1-2-16-10(6)7/h3-5H,1-2H2,(H2,12,15). The van der Waals surface area contributed by atoms with E-state index in [1.54, 1.807) is 12.3 Å². The summed E-state index contributed by atoms with van der Waals surface area (Å²) >= 11 is 0. The molecule has 2 aromatic heterocycles. The van der Waals surface area contributed by atoms with E-state index in [2.05, 4.69) is 9.97 Å². The van der Waals surface area contributed by atoms with Crippen molar-refractivity contribution in [3.8, 4) is 5.75 Å². The normalized spacial score (nSPS) is 13.5. The molecule has 3 heterocycles. The van der Waals surface area contributed by atoms with Crippen LogP contribution in [0.5, 0.6) is 5.75 Å². The Labute approximate surface area is 91.3 Å². The molecule has 5 heteroatoms. The third-order valence-corrected chi connectivity index (χ3v) is 2.65. The van der Waals surface area contributed by atoms with Crippen LogP contribution in [0, 0.1) is 0 Å². The van der Waals surface area contributed by atoms with Gasteiger partial charge in [-0.1, -0.05) is 0 Å². The Kier molecular flexibility index (Phi) is 1.80. The second-order valence-corrected chi connectivity index (χ2v) is 3.66. The molecule has 0 unspecified atom stereocenters. The van der Waals surface area contributed by atoms with Crippen LogP contribution in [0.4, 0.5) is 0 Å². The molecule has 16 heavy (non-hydrogen) atoms. The summed E-state index contributed by atoms with van der Waals surface area (Å²) in [6.07, 6.45) is 4.18. The van der Waals surface area contributed by atoms with Crippen LogP contribution in [0.2, 0.25) is 0 Å². The first-order valence-electron chi connectivity index (χ1n) is 4.96. The number of amides is 1. The summed E-state index contributed by atoms with van der Waals surface area (Å²) in [4.78, 5) is 19.2. The van der Waals surface area contributed by atoms with E-state index in [1.165, 1.54) is 6.20 Å². The fourth-order valence-corrected chi connectivity index (χ4v) is 1.86. The number of ether oxygens (including phenoxy) is 1. The molecular formula is C11H9N3O2. The highest BCUT2D eigenvalue weighted by atomic mass is 16.5. The zero-order valence-electron chi connectivity index (χ0n) is 8.43. The lowest BCUT2D eigenvalue weighted by atomic mass is 10.1. The molecule has 0 aromatic carbocycles. The lowest BCUT2D eigenvalue weighted by molar-refractivity contribution is 0.0996. The third-order valence-electron chi connectivity index (χ3n) is 2.65. The van der Waals surface area contributed by atoms with Crippen LogP contribution in [0.1, 0.15) is 16.1 Å². The molecule has 0 aliphatic carbocycles. The summed E-state index contributed by atoms with van der Waals surface area (Å²) in [6.45, 7) is 0.657. The maximum Gasteiger partial charge on any atom is 0.267 e. The van der Waals surface area contributed by atoms with Crippen molar-refractivity contribution >= 4 is 16.8 Å². The zero-order valence-corrected chi connectivity index (χ0v) is 8.43. The van der Waals surface area contributed by atoms with E-state index < -0.39 is 5.91 Å². The highest BCUT2D eigenvalue weighted by Crippen LogP contribution is 2.32. The minimum absolute atomic E-state index is 0.234. The Balaban J connectivity index is 2.32. The summed E-state index contributed by atoms with van der Waals surface area (Å²) in [6, 6.07) is 1.63. The van der Waals surface area contributed by atoms with E-state index in [1.807, 2.05) is 0 Å². The lowest BCUT2D eigenvalue weighted by Gasteiger charge is -2.04. The average Bonchev–Trinajstić information content (AvgIpc) is 2.76. The maximum atomic E-state index is 11.0. The molecule has 2 N–H and O–H groups in total. The number of nitrogens with zero attached hydrogens (tertiary/aromatic N) is 2. The molecule has 0 spiro atoms. The van der Waals surface area contributed by atoms with Crippen LogP contribution in [0.25, 0.3) is 10.9 Å². The van der Waals surface area contributed by atoms with E-state index in [-0.39, 0.29) is 5.69 Å².